The lowest BCUT2D eigenvalue weighted by molar-refractivity contribution is 0.101. The van der Waals surface area contributed by atoms with Crippen molar-refractivity contribution in [3.63, 3.8) is 0 Å². The van der Waals surface area contributed by atoms with E-state index in [0.717, 1.165) is 0 Å². The minimum atomic E-state index is -2.25. The number of ketones is 1. The Kier molecular flexibility index (Phi) is 8.05. The highest BCUT2D eigenvalue weighted by Gasteiger charge is 2.39. The van der Waals surface area contributed by atoms with E-state index < -0.39 is 26.3 Å². The van der Waals surface area contributed by atoms with Gasteiger partial charge in [-0.25, -0.2) is 9.18 Å². The Morgan fingerprint density at radius 3 is 2.36 bits per heavy atom. The summed E-state index contributed by atoms with van der Waals surface area (Å²) in [7, 11) is -2.25. The van der Waals surface area contributed by atoms with E-state index in [1.165, 1.54) is 13.0 Å². The number of carboxylic acid groups (broad SMARTS) is 1. The summed E-state index contributed by atoms with van der Waals surface area (Å²) in [6.45, 7) is 13.2. The van der Waals surface area contributed by atoms with E-state index in [2.05, 4.69) is 5.32 Å². The van der Waals surface area contributed by atoms with Crippen LogP contribution >= 0.6 is 11.6 Å². The smallest absolute Gasteiger partial charge is 0.405 e. The molecule has 1 amide bonds. The zero-order valence-corrected chi connectivity index (χ0v) is 19.2. The van der Waals surface area contributed by atoms with Crippen molar-refractivity contribution in [3.8, 4) is 5.75 Å². The third-order valence-corrected chi connectivity index (χ3v) is 9.71. The van der Waals surface area contributed by atoms with Gasteiger partial charge >= 0.3 is 6.09 Å². The first kappa shape index (κ1) is 24.4. The van der Waals surface area contributed by atoms with Crippen molar-refractivity contribution in [2.45, 2.75) is 58.8 Å². The molecule has 0 saturated heterocycles. The molecule has 0 aliphatic heterocycles. The molecule has 2 N–H and O–H groups in total. The number of amides is 1. The Morgan fingerprint density at radius 2 is 1.93 bits per heavy atom. The van der Waals surface area contributed by atoms with Crippen LogP contribution in [0.1, 0.15) is 56.6 Å². The number of benzene rings is 1. The van der Waals surface area contributed by atoms with Crippen molar-refractivity contribution in [2.75, 3.05) is 13.2 Å². The van der Waals surface area contributed by atoms with Crippen LogP contribution in [0.25, 0.3) is 0 Å². The van der Waals surface area contributed by atoms with Crippen LogP contribution in [0.5, 0.6) is 5.75 Å². The third kappa shape index (κ3) is 5.68. The fourth-order valence-corrected chi connectivity index (χ4v) is 3.58. The average Bonchev–Trinajstić information content (AvgIpc) is 2.54. The Hall–Kier alpha value is -1.64. The molecule has 0 fully saturated rings. The molecule has 9 heteroatoms. The van der Waals surface area contributed by atoms with E-state index in [9.17, 15) is 19.1 Å². The zero-order chi connectivity index (χ0) is 21.9. The number of halogens is 2. The maximum Gasteiger partial charge on any atom is 0.405 e. The van der Waals surface area contributed by atoms with E-state index in [0.29, 0.717) is 0 Å². The van der Waals surface area contributed by atoms with Gasteiger partial charge in [0.1, 0.15) is 5.75 Å². The van der Waals surface area contributed by atoms with Gasteiger partial charge < -0.3 is 19.6 Å². The topological polar surface area (TPSA) is 84.9 Å². The second-order valence-corrected chi connectivity index (χ2v) is 13.2. The van der Waals surface area contributed by atoms with Gasteiger partial charge in [0.2, 0.25) is 0 Å². The molecule has 1 unspecified atom stereocenters. The van der Waals surface area contributed by atoms with Gasteiger partial charge in [-0.3, -0.25) is 4.79 Å². The van der Waals surface area contributed by atoms with Crippen molar-refractivity contribution in [1.82, 2.24) is 5.32 Å². The molecular formula is C19H29ClFNO5Si. The molecule has 0 saturated carbocycles. The quantitative estimate of drug-likeness (QED) is 0.422. The lowest BCUT2D eigenvalue weighted by Crippen LogP contribution is -2.43. The van der Waals surface area contributed by atoms with Crippen molar-refractivity contribution < 1.29 is 28.2 Å². The fraction of sp³-hybridized carbons (Fsp3) is 0.579. The lowest BCUT2D eigenvalue weighted by atomic mass is 9.99. The number of rotatable bonds is 8. The number of hydrogen-bond donors (Lipinski definition) is 2. The summed E-state index contributed by atoms with van der Waals surface area (Å²) in [4.78, 5) is 23.4. The summed E-state index contributed by atoms with van der Waals surface area (Å²) in [5.74, 6) is -1.23. The number of ether oxygens (including phenoxy) is 1. The van der Waals surface area contributed by atoms with Crippen LogP contribution in [0.3, 0.4) is 0 Å². The molecule has 1 atom stereocenters. The molecule has 6 nitrogen and oxygen atoms in total. The van der Waals surface area contributed by atoms with Crippen LogP contribution in [-0.4, -0.2) is 38.5 Å². The van der Waals surface area contributed by atoms with Crippen LogP contribution < -0.4 is 10.1 Å². The molecule has 0 aliphatic carbocycles. The Balaban J connectivity index is 3.52. The van der Waals surface area contributed by atoms with Gasteiger partial charge in [0.15, 0.2) is 19.9 Å². The molecule has 0 bridgehead atoms. The summed E-state index contributed by atoms with van der Waals surface area (Å²) in [5.41, 5.74) is -0.0339. The van der Waals surface area contributed by atoms with Crippen LogP contribution in [-0.2, 0) is 4.43 Å². The summed E-state index contributed by atoms with van der Waals surface area (Å²) in [6, 6.07) is 0.102. The first-order valence-electron chi connectivity index (χ1n) is 9.02. The highest BCUT2D eigenvalue weighted by Crippen LogP contribution is 2.40. The van der Waals surface area contributed by atoms with Crippen LogP contribution in [0.2, 0.25) is 23.2 Å². The van der Waals surface area contributed by atoms with Crippen molar-refractivity contribution in [2.24, 2.45) is 0 Å². The number of carbonyl (C=O) groups is 2. The van der Waals surface area contributed by atoms with E-state index in [-0.39, 0.29) is 45.9 Å². The first-order valence-corrected chi connectivity index (χ1v) is 12.3. The highest BCUT2D eigenvalue weighted by molar-refractivity contribution is 6.74. The minimum Gasteiger partial charge on any atom is -0.493 e. The van der Waals surface area contributed by atoms with Crippen molar-refractivity contribution >= 4 is 31.8 Å². The monoisotopic (exact) mass is 433 g/mol. The first-order chi connectivity index (χ1) is 12.7. The maximum atomic E-state index is 15.0. The maximum absolute atomic E-state index is 15.0. The van der Waals surface area contributed by atoms with E-state index in [1.807, 2.05) is 33.9 Å². The molecule has 1 rings (SSSR count). The van der Waals surface area contributed by atoms with Gasteiger partial charge in [0, 0.05) is 0 Å². The predicted molar refractivity (Wildman–Crippen MR) is 110 cm³/mol. The van der Waals surface area contributed by atoms with Gasteiger partial charge in [0.25, 0.3) is 0 Å². The number of hydrogen-bond acceptors (Lipinski definition) is 4. The Labute approximate surface area is 171 Å². The standard InChI is InChI=1S/C19H29ClFNO5Si/c1-8-26-17-12(11(2)23)9-13(20)16(21)15(17)14(22-18(24)25)10-27-28(6,7)19(3,4)5/h9,14,22H,8,10H2,1-7H3,(H,24,25). The number of Topliss-reactive ketones (excluding diaryl/α,β-unsaturated/α-hetero) is 1. The molecular weight excluding hydrogens is 405 g/mol. The summed E-state index contributed by atoms with van der Waals surface area (Å²) in [5, 5.41) is 11.1. The van der Waals surface area contributed by atoms with E-state index >= 15 is 0 Å². The molecule has 1 aromatic carbocycles. The largest absolute Gasteiger partial charge is 0.493 e. The molecule has 0 aliphatic rings. The third-order valence-electron chi connectivity index (χ3n) is 4.94. The number of carbonyl (C=O) groups excluding carboxylic acids is 1. The molecule has 1 aromatic rings. The molecule has 0 aromatic heterocycles. The van der Waals surface area contributed by atoms with Gasteiger partial charge in [-0.15, -0.1) is 0 Å². The molecule has 0 radical (unpaired) electrons. The molecule has 158 valence electrons. The second-order valence-electron chi connectivity index (χ2n) is 8.03. The lowest BCUT2D eigenvalue weighted by Gasteiger charge is -2.37. The normalized spacial score (nSPS) is 13.2. The van der Waals surface area contributed by atoms with Gasteiger partial charge in [0.05, 0.1) is 35.4 Å². The minimum absolute atomic E-state index is 0.0190. The van der Waals surface area contributed by atoms with E-state index in [1.54, 1.807) is 6.92 Å². The van der Waals surface area contributed by atoms with E-state index in [4.69, 9.17) is 20.8 Å². The predicted octanol–water partition coefficient (Wildman–Crippen LogP) is 5.41. The fourth-order valence-electron chi connectivity index (χ4n) is 2.36. The molecule has 0 spiro atoms. The van der Waals surface area contributed by atoms with Gasteiger partial charge in [-0.1, -0.05) is 32.4 Å². The van der Waals surface area contributed by atoms with Crippen LogP contribution in [0.4, 0.5) is 9.18 Å². The Morgan fingerprint density at radius 1 is 1.36 bits per heavy atom. The second kappa shape index (κ2) is 9.24. The van der Waals surface area contributed by atoms with Crippen molar-refractivity contribution in [3.05, 3.63) is 28.0 Å². The molecule has 0 heterocycles. The SMILES string of the molecule is CCOc1c(C(C)=O)cc(Cl)c(F)c1C(CO[Si](C)(C)C(C)(C)C)NC(=O)O. The molecule has 28 heavy (non-hydrogen) atoms. The average molecular weight is 434 g/mol. The van der Waals surface area contributed by atoms with Gasteiger partial charge in [-0.05, 0) is 38.0 Å². The van der Waals surface area contributed by atoms with Crippen LogP contribution in [0.15, 0.2) is 6.07 Å². The summed E-state index contributed by atoms with van der Waals surface area (Å²) >= 11 is 5.99. The highest BCUT2D eigenvalue weighted by atomic mass is 35.5. The van der Waals surface area contributed by atoms with Crippen molar-refractivity contribution in [1.29, 1.82) is 0 Å². The number of nitrogens with one attached hydrogen (secondary N) is 1. The van der Waals surface area contributed by atoms with Gasteiger partial charge in [-0.2, -0.15) is 0 Å². The summed E-state index contributed by atoms with van der Waals surface area (Å²) in [6.07, 6.45) is -1.35. The zero-order valence-electron chi connectivity index (χ0n) is 17.4. The summed E-state index contributed by atoms with van der Waals surface area (Å²) < 4.78 is 26.6. The Bertz CT molecular complexity index is 749. The van der Waals surface area contributed by atoms with Crippen LogP contribution in [0, 0.1) is 5.82 Å².